The van der Waals surface area contributed by atoms with Gasteiger partial charge in [-0.25, -0.2) is 8.42 Å². The van der Waals surface area contributed by atoms with Crippen LogP contribution < -0.4 is 10.6 Å². The lowest BCUT2D eigenvalue weighted by atomic mass is 9.94. The lowest BCUT2D eigenvalue weighted by Gasteiger charge is -2.34. The molecule has 0 aliphatic carbocycles. The lowest BCUT2D eigenvalue weighted by Crippen LogP contribution is -2.42. The Hall–Kier alpha value is -2.65. The summed E-state index contributed by atoms with van der Waals surface area (Å²) in [7, 11) is -3.55. The van der Waals surface area contributed by atoms with Crippen LogP contribution in [0.2, 0.25) is 0 Å². The Balaban J connectivity index is 1.52. The second-order valence-electron chi connectivity index (χ2n) is 7.82. The van der Waals surface area contributed by atoms with E-state index in [-0.39, 0.29) is 35.4 Å². The average Bonchev–Trinajstić information content (AvgIpc) is 3.22. The minimum atomic E-state index is -3.55. The van der Waals surface area contributed by atoms with Crippen molar-refractivity contribution in [1.82, 2.24) is 9.62 Å². The summed E-state index contributed by atoms with van der Waals surface area (Å²) in [6.07, 6.45) is 2.51. The summed E-state index contributed by atoms with van der Waals surface area (Å²) >= 11 is 0. The number of amides is 2. The van der Waals surface area contributed by atoms with Crippen LogP contribution in [-0.2, 0) is 14.8 Å². The number of rotatable bonds is 7. The van der Waals surface area contributed by atoms with Gasteiger partial charge in [0.25, 0.3) is 5.91 Å². The minimum Gasteiger partial charge on any atom is -0.459 e. The molecule has 2 aromatic rings. The first-order valence-corrected chi connectivity index (χ1v) is 11.4. The van der Waals surface area contributed by atoms with Crippen molar-refractivity contribution >= 4 is 27.5 Å². The maximum absolute atomic E-state index is 12.9. The zero-order valence-corrected chi connectivity index (χ0v) is 17.9. The second kappa shape index (κ2) is 9.44. The quantitative estimate of drug-likeness (QED) is 0.698. The van der Waals surface area contributed by atoms with Crippen LogP contribution in [0.3, 0.4) is 0 Å². The van der Waals surface area contributed by atoms with Crippen LogP contribution in [-0.4, -0.2) is 44.2 Å². The van der Waals surface area contributed by atoms with Crippen molar-refractivity contribution < 1.29 is 22.4 Å². The Bertz CT molecular complexity index is 961. The van der Waals surface area contributed by atoms with Crippen LogP contribution in [0.1, 0.15) is 37.2 Å². The molecular formula is C21H27N3O5S. The highest BCUT2D eigenvalue weighted by molar-refractivity contribution is 7.89. The Morgan fingerprint density at radius 1 is 1.10 bits per heavy atom. The monoisotopic (exact) mass is 433 g/mol. The molecule has 0 unspecified atom stereocenters. The predicted octanol–water partition coefficient (Wildman–Crippen LogP) is 2.70. The van der Waals surface area contributed by atoms with E-state index in [0.29, 0.717) is 30.6 Å². The van der Waals surface area contributed by atoms with Crippen molar-refractivity contribution in [1.29, 1.82) is 0 Å². The molecule has 1 saturated heterocycles. The number of carbonyl (C=O) groups is 2. The highest BCUT2D eigenvalue weighted by Gasteiger charge is 2.31. The summed E-state index contributed by atoms with van der Waals surface area (Å²) in [5.74, 6) is 0.170. The Kier molecular flexibility index (Phi) is 6.94. The van der Waals surface area contributed by atoms with Gasteiger partial charge in [0, 0.05) is 31.7 Å². The summed E-state index contributed by atoms with van der Waals surface area (Å²) in [6.45, 7) is 5.33. The number of nitrogens with one attached hydrogen (secondary N) is 2. The van der Waals surface area contributed by atoms with Crippen LogP contribution >= 0.6 is 0 Å². The van der Waals surface area contributed by atoms with E-state index in [1.54, 1.807) is 22.5 Å². The average molecular weight is 434 g/mol. The molecular weight excluding hydrogens is 406 g/mol. The molecule has 0 spiro atoms. The normalized spacial score (nSPS) is 19.9. The molecule has 0 saturated carbocycles. The molecule has 162 valence electrons. The van der Waals surface area contributed by atoms with Crippen molar-refractivity contribution in [2.75, 3.05) is 25.0 Å². The number of sulfonamides is 1. The number of carbonyl (C=O) groups excluding carboxylic acids is 2. The summed E-state index contributed by atoms with van der Waals surface area (Å²) in [6, 6.07) is 9.31. The molecule has 2 N–H and O–H groups in total. The van der Waals surface area contributed by atoms with Crippen LogP contribution in [0.25, 0.3) is 0 Å². The lowest BCUT2D eigenvalue weighted by molar-refractivity contribution is -0.116. The maximum Gasteiger partial charge on any atom is 0.286 e. The van der Waals surface area contributed by atoms with Gasteiger partial charge in [0.05, 0.1) is 11.2 Å². The summed E-state index contributed by atoms with van der Waals surface area (Å²) in [4.78, 5) is 24.0. The molecule has 2 heterocycles. The van der Waals surface area contributed by atoms with Gasteiger partial charge in [-0.1, -0.05) is 13.8 Å². The second-order valence-corrected chi connectivity index (χ2v) is 9.76. The van der Waals surface area contributed by atoms with Gasteiger partial charge in [-0.3, -0.25) is 9.59 Å². The van der Waals surface area contributed by atoms with E-state index in [2.05, 4.69) is 24.5 Å². The van der Waals surface area contributed by atoms with Crippen LogP contribution in [0.15, 0.2) is 52.0 Å². The Labute approximate surface area is 176 Å². The van der Waals surface area contributed by atoms with E-state index in [4.69, 9.17) is 4.42 Å². The fraction of sp³-hybridized carbons (Fsp3) is 0.429. The molecule has 1 fully saturated rings. The Morgan fingerprint density at radius 2 is 1.77 bits per heavy atom. The third-order valence-electron chi connectivity index (χ3n) is 4.99. The summed E-state index contributed by atoms with van der Waals surface area (Å²) in [5, 5.41) is 5.30. The van der Waals surface area contributed by atoms with Gasteiger partial charge in [-0.05, 0) is 54.7 Å². The SMILES string of the molecule is C[C@H]1C[C@H](C)CN(S(=O)(=O)c2ccc(NC(=O)CCNC(=O)c3ccco3)cc2)C1. The first-order chi connectivity index (χ1) is 14.3. The van der Waals surface area contributed by atoms with E-state index in [1.165, 1.54) is 24.5 Å². The number of nitrogens with zero attached hydrogens (tertiary/aromatic N) is 1. The molecule has 30 heavy (non-hydrogen) atoms. The first kappa shape index (κ1) is 22.0. The zero-order valence-electron chi connectivity index (χ0n) is 17.1. The molecule has 3 rings (SSSR count). The fourth-order valence-electron chi connectivity index (χ4n) is 3.67. The minimum absolute atomic E-state index is 0.0794. The molecule has 1 aliphatic rings. The van der Waals surface area contributed by atoms with Gasteiger partial charge in [-0.15, -0.1) is 0 Å². The van der Waals surface area contributed by atoms with Gasteiger partial charge in [0.1, 0.15) is 0 Å². The highest BCUT2D eigenvalue weighted by atomic mass is 32.2. The fourth-order valence-corrected chi connectivity index (χ4v) is 5.35. The van der Waals surface area contributed by atoms with Crippen LogP contribution in [0.5, 0.6) is 0 Å². The topological polar surface area (TPSA) is 109 Å². The van der Waals surface area contributed by atoms with Gasteiger partial charge in [0.15, 0.2) is 5.76 Å². The smallest absolute Gasteiger partial charge is 0.286 e. The van der Waals surface area contributed by atoms with Crippen LogP contribution in [0, 0.1) is 11.8 Å². The number of benzene rings is 1. The number of hydrogen-bond acceptors (Lipinski definition) is 5. The first-order valence-electron chi connectivity index (χ1n) is 9.97. The molecule has 8 nitrogen and oxygen atoms in total. The van der Waals surface area contributed by atoms with Crippen molar-refractivity contribution in [3.05, 3.63) is 48.4 Å². The standard InChI is InChI=1S/C21H27N3O5S/c1-15-12-16(2)14-24(13-15)30(27,28)18-7-5-17(6-8-18)23-20(25)9-10-22-21(26)19-4-3-11-29-19/h3-8,11,15-16H,9-10,12-14H2,1-2H3,(H,22,26)(H,23,25)/t15-,16-/m0/s1. The third-order valence-corrected chi connectivity index (χ3v) is 6.84. The van der Waals surface area contributed by atoms with Crippen molar-refractivity contribution in [3.63, 3.8) is 0 Å². The molecule has 0 radical (unpaired) electrons. The highest BCUT2D eigenvalue weighted by Crippen LogP contribution is 2.27. The number of hydrogen-bond donors (Lipinski definition) is 2. The Morgan fingerprint density at radius 3 is 2.37 bits per heavy atom. The largest absolute Gasteiger partial charge is 0.459 e. The van der Waals surface area contributed by atoms with Gasteiger partial charge in [0.2, 0.25) is 15.9 Å². The number of piperidine rings is 1. The predicted molar refractivity (Wildman–Crippen MR) is 112 cm³/mol. The van der Waals surface area contributed by atoms with E-state index >= 15 is 0 Å². The molecule has 2 atom stereocenters. The summed E-state index contributed by atoms with van der Waals surface area (Å²) < 4.78 is 32.3. The van der Waals surface area contributed by atoms with E-state index in [9.17, 15) is 18.0 Å². The molecule has 0 bridgehead atoms. The maximum atomic E-state index is 12.9. The van der Waals surface area contributed by atoms with Crippen molar-refractivity contribution in [2.45, 2.75) is 31.6 Å². The molecule has 1 aromatic heterocycles. The van der Waals surface area contributed by atoms with Crippen molar-refractivity contribution in [3.8, 4) is 0 Å². The van der Waals surface area contributed by atoms with E-state index < -0.39 is 10.0 Å². The van der Waals surface area contributed by atoms with Crippen LogP contribution in [0.4, 0.5) is 5.69 Å². The van der Waals surface area contributed by atoms with Gasteiger partial charge < -0.3 is 15.1 Å². The van der Waals surface area contributed by atoms with Crippen molar-refractivity contribution in [2.24, 2.45) is 11.8 Å². The van der Waals surface area contributed by atoms with E-state index in [1.807, 2.05) is 0 Å². The summed E-state index contributed by atoms with van der Waals surface area (Å²) in [5.41, 5.74) is 0.497. The molecule has 1 aromatic carbocycles. The van der Waals surface area contributed by atoms with E-state index in [0.717, 1.165) is 6.42 Å². The van der Waals surface area contributed by atoms with Gasteiger partial charge >= 0.3 is 0 Å². The molecule has 9 heteroatoms. The zero-order chi connectivity index (χ0) is 21.7. The van der Waals surface area contributed by atoms with Gasteiger partial charge in [-0.2, -0.15) is 4.31 Å². The third kappa shape index (κ3) is 5.48. The number of furan rings is 1. The molecule has 1 aliphatic heterocycles. The molecule has 2 amide bonds. The number of anilines is 1.